The summed E-state index contributed by atoms with van der Waals surface area (Å²) in [5.41, 5.74) is 0. The van der Waals surface area contributed by atoms with Gasteiger partial charge in [0.1, 0.15) is 5.84 Å². The summed E-state index contributed by atoms with van der Waals surface area (Å²) in [5, 5.41) is 0. The Labute approximate surface area is 54.4 Å². The van der Waals surface area contributed by atoms with Crippen molar-refractivity contribution in [3.63, 3.8) is 0 Å². The summed E-state index contributed by atoms with van der Waals surface area (Å²) < 4.78 is 0. The zero-order valence-electron chi connectivity index (χ0n) is 5.72. The third-order valence-electron chi connectivity index (χ3n) is 1.58. The van der Waals surface area contributed by atoms with Gasteiger partial charge in [-0.15, -0.1) is 0 Å². The van der Waals surface area contributed by atoms with Gasteiger partial charge in [0.15, 0.2) is 0 Å². The molecule has 50 valence electrons. The van der Waals surface area contributed by atoms with Gasteiger partial charge in [-0.2, -0.15) is 0 Å². The maximum absolute atomic E-state index is 10.8. The highest BCUT2D eigenvalue weighted by molar-refractivity contribution is 6.04. The maximum Gasteiger partial charge on any atom is 0.228 e. The number of rotatable bonds is 0. The van der Waals surface area contributed by atoms with Crippen molar-refractivity contribution in [1.82, 2.24) is 4.90 Å². The molecule has 0 aliphatic carbocycles. The van der Waals surface area contributed by atoms with Gasteiger partial charge in [0.05, 0.1) is 0 Å². The third-order valence-corrected chi connectivity index (χ3v) is 1.58. The van der Waals surface area contributed by atoms with Crippen LogP contribution in [0.25, 0.3) is 0 Å². The Morgan fingerprint density at radius 1 is 1.56 bits per heavy atom. The van der Waals surface area contributed by atoms with Crippen LogP contribution in [-0.4, -0.2) is 30.7 Å². The summed E-state index contributed by atoms with van der Waals surface area (Å²) >= 11 is 0. The maximum atomic E-state index is 10.8. The fourth-order valence-corrected chi connectivity index (χ4v) is 0.960. The summed E-state index contributed by atoms with van der Waals surface area (Å²) in [5.74, 6) is 1.08. The van der Waals surface area contributed by atoms with E-state index in [4.69, 9.17) is 0 Å². The quantitative estimate of drug-likeness (QED) is 0.458. The standard InChI is InChI=1S/C6H10N2O/c1-7-5-3-4-6(9)8(5)2/h3-4H2,1-2H3. The first kappa shape index (κ1) is 6.26. The fourth-order valence-electron chi connectivity index (χ4n) is 0.960. The molecule has 1 fully saturated rings. The molecule has 0 unspecified atom stereocenters. The molecular weight excluding hydrogens is 116 g/mol. The third kappa shape index (κ3) is 0.943. The molecule has 1 heterocycles. The summed E-state index contributed by atoms with van der Waals surface area (Å²) in [4.78, 5) is 16.3. The van der Waals surface area contributed by atoms with Crippen LogP contribution in [0, 0.1) is 0 Å². The summed E-state index contributed by atoms with van der Waals surface area (Å²) in [6.07, 6.45) is 1.44. The van der Waals surface area contributed by atoms with Crippen LogP contribution in [0.2, 0.25) is 0 Å². The molecule has 1 rings (SSSR count). The van der Waals surface area contributed by atoms with Crippen molar-refractivity contribution in [2.24, 2.45) is 4.99 Å². The van der Waals surface area contributed by atoms with Gasteiger partial charge < -0.3 is 4.90 Å². The minimum absolute atomic E-state index is 0.176. The molecule has 0 saturated carbocycles. The molecule has 0 atom stereocenters. The first-order chi connectivity index (χ1) is 4.25. The SMILES string of the molecule is CN=C1CCC(=O)N1C. The molecule has 3 nitrogen and oxygen atoms in total. The number of hydrogen-bond donors (Lipinski definition) is 0. The summed E-state index contributed by atoms with van der Waals surface area (Å²) in [6.45, 7) is 0. The Bertz CT molecular complexity index is 162. The van der Waals surface area contributed by atoms with E-state index in [1.165, 1.54) is 0 Å². The average molecular weight is 126 g/mol. The number of nitrogens with zero attached hydrogens (tertiary/aromatic N) is 2. The van der Waals surface area contributed by atoms with Crippen LogP contribution in [0.4, 0.5) is 0 Å². The van der Waals surface area contributed by atoms with E-state index in [0.29, 0.717) is 6.42 Å². The van der Waals surface area contributed by atoms with Gasteiger partial charge in [-0.05, 0) is 0 Å². The van der Waals surface area contributed by atoms with Gasteiger partial charge in [0.2, 0.25) is 5.91 Å². The Balaban J connectivity index is 2.73. The van der Waals surface area contributed by atoms with E-state index in [-0.39, 0.29) is 5.91 Å². The van der Waals surface area contributed by atoms with E-state index in [1.54, 1.807) is 19.0 Å². The Morgan fingerprint density at radius 2 is 2.22 bits per heavy atom. The van der Waals surface area contributed by atoms with Crippen LogP contribution >= 0.6 is 0 Å². The first-order valence-corrected chi connectivity index (χ1v) is 2.98. The number of carbonyl (C=O) groups is 1. The average Bonchev–Trinajstić information content (AvgIpc) is 2.15. The highest BCUT2D eigenvalue weighted by atomic mass is 16.2. The minimum atomic E-state index is 0.176. The smallest absolute Gasteiger partial charge is 0.228 e. The lowest BCUT2D eigenvalue weighted by Gasteiger charge is -2.06. The first-order valence-electron chi connectivity index (χ1n) is 2.98. The molecule has 0 aromatic heterocycles. The predicted molar refractivity (Wildman–Crippen MR) is 35.4 cm³/mol. The van der Waals surface area contributed by atoms with Crippen molar-refractivity contribution in [2.45, 2.75) is 12.8 Å². The van der Waals surface area contributed by atoms with Gasteiger partial charge in [-0.1, -0.05) is 0 Å². The van der Waals surface area contributed by atoms with Crippen LogP contribution in [0.5, 0.6) is 0 Å². The van der Waals surface area contributed by atoms with Crippen LogP contribution in [0.3, 0.4) is 0 Å². The lowest BCUT2D eigenvalue weighted by atomic mass is 10.4. The predicted octanol–water partition coefficient (Wildman–Crippen LogP) is 0.267. The number of carbonyl (C=O) groups excluding carboxylic acids is 1. The highest BCUT2D eigenvalue weighted by Gasteiger charge is 2.21. The zero-order valence-corrected chi connectivity index (χ0v) is 5.72. The second-order valence-electron chi connectivity index (χ2n) is 2.09. The van der Waals surface area contributed by atoms with E-state index in [2.05, 4.69) is 4.99 Å². The normalized spacial score (nSPS) is 24.0. The monoisotopic (exact) mass is 126 g/mol. The van der Waals surface area contributed by atoms with Crippen LogP contribution in [0.1, 0.15) is 12.8 Å². The van der Waals surface area contributed by atoms with Gasteiger partial charge in [0, 0.05) is 26.9 Å². The molecule has 0 N–H and O–H groups in total. The Morgan fingerprint density at radius 3 is 2.44 bits per heavy atom. The van der Waals surface area contributed by atoms with Crippen molar-refractivity contribution in [3.05, 3.63) is 0 Å². The Hall–Kier alpha value is -0.860. The molecule has 1 amide bonds. The van der Waals surface area contributed by atoms with E-state index in [1.807, 2.05) is 0 Å². The second-order valence-corrected chi connectivity index (χ2v) is 2.09. The molecule has 1 aliphatic rings. The zero-order chi connectivity index (χ0) is 6.85. The van der Waals surface area contributed by atoms with Crippen LogP contribution in [-0.2, 0) is 4.79 Å². The van der Waals surface area contributed by atoms with Crippen molar-refractivity contribution < 1.29 is 4.79 Å². The van der Waals surface area contributed by atoms with Crippen molar-refractivity contribution >= 4 is 11.7 Å². The second kappa shape index (κ2) is 2.17. The van der Waals surface area contributed by atoms with Crippen LogP contribution in [0.15, 0.2) is 4.99 Å². The van der Waals surface area contributed by atoms with Gasteiger partial charge in [-0.3, -0.25) is 9.79 Å². The molecule has 0 aromatic rings. The van der Waals surface area contributed by atoms with Gasteiger partial charge in [0.25, 0.3) is 0 Å². The molecular formula is C6H10N2O. The van der Waals surface area contributed by atoms with E-state index < -0.39 is 0 Å². The minimum Gasteiger partial charge on any atom is -0.304 e. The fraction of sp³-hybridized carbons (Fsp3) is 0.667. The van der Waals surface area contributed by atoms with Gasteiger partial charge in [-0.25, -0.2) is 0 Å². The molecule has 3 heteroatoms. The summed E-state index contributed by atoms with van der Waals surface area (Å²) in [6, 6.07) is 0. The van der Waals surface area contributed by atoms with Gasteiger partial charge >= 0.3 is 0 Å². The Kier molecular flexibility index (Phi) is 1.51. The van der Waals surface area contributed by atoms with Crippen molar-refractivity contribution in [3.8, 4) is 0 Å². The molecule has 0 aromatic carbocycles. The van der Waals surface area contributed by atoms with E-state index >= 15 is 0 Å². The summed E-state index contributed by atoms with van der Waals surface area (Å²) in [7, 11) is 3.47. The topological polar surface area (TPSA) is 32.7 Å². The number of amides is 1. The lowest BCUT2D eigenvalue weighted by molar-refractivity contribution is -0.124. The van der Waals surface area contributed by atoms with E-state index in [9.17, 15) is 4.79 Å². The highest BCUT2D eigenvalue weighted by Crippen LogP contribution is 2.09. The van der Waals surface area contributed by atoms with Crippen molar-refractivity contribution in [1.29, 1.82) is 0 Å². The number of aliphatic imine (C=N–C) groups is 1. The molecule has 1 saturated heterocycles. The largest absolute Gasteiger partial charge is 0.304 e. The molecule has 0 spiro atoms. The van der Waals surface area contributed by atoms with Crippen molar-refractivity contribution in [2.75, 3.05) is 14.1 Å². The number of hydrogen-bond acceptors (Lipinski definition) is 2. The molecule has 0 bridgehead atoms. The molecule has 0 radical (unpaired) electrons. The molecule has 1 aliphatic heterocycles. The lowest BCUT2D eigenvalue weighted by Crippen LogP contribution is -2.23. The number of likely N-dealkylation sites (tertiary alicyclic amines) is 1. The molecule has 9 heavy (non-hydrogen) atoms. The van der Waals surface area contributed by atoms with Crippen LogP contribution < -0.4 is 0 Å². The van der Waals surface area contributed by atoms with E-state index in [0.717, 1.165) is 12.3 Å². The number of amidine groups is 1.